The number of furan rings is 1. The third-order valence-electron chi connectivity index (χ3n) is 3.03. The predicted octanol–water partition coefficient (Wildman–Crippen LogP) is 1.04. The molecule has 2 heterocycles. The Labute approximate surface area is 136 Å². The number of methoxy groups -OCH3 is 1. The van der Waals surface area contributed by atoms with Gasteiger partial charge in [-0.3, -0.25) is 9.59 Å². The standard InChI is InChI=1S/C16H17NO5S/c1-16(2,3)11(18)8-12-17-14(19)10(23-12)7-9-5-6-22-13(9)15(20)21-4/h5-8H,1-4H3,(H,17,19)/b10-7-,12-8-. The van der Waals surface area contributed by atoms with Crippen LogP contribution in [-0.4, -0.2) is 23.8 Å². The molecule has 0 fully saturated rings. The second-order valence-corrected chi connectivity index (χ2v) is 6.97. The van der Waals surface area contributed by atoms with Gasteiger partial charge in [0.25, 0.3) is 5.56 Å². The summed E-state index contributed by atoms with van der Waals surface area (Å²) >= 11 is 1.14. The molecule has 0 saturated heterocycles. The molecule has 0 aliphatic heterocycles. The summed E-state index contributed by atoms with van der Waals surface area (Å²) in [5.74, 6) is -0.680. The minimum Gasteiger partial charge on any atom is -0.463 e. The Balaban J connectivity index is 2.49. The molecular weight excluding hydrogens is 318 g/mol. The monoisotopic (exact) mass is 335 g/mol. The molecule has 23 heavy (non-hydrogen) atoms. The van der Waals surface area contributed by atoms with Crippen molar-refractivity contribution in [1.82, 2.24) is 4.98 Å². The fraction of sp³-hybridized carbons (Fsp3) is 0.312. The van der Waals surface area contributed by atoms with Gasteiger partial charge in [0.1, 0.15) is 0 Å². The Morgan fingerprint density at radius 1 is 1.35 bits per heavy atom. The van der Waals surface area contributed by atoms with Crippen LogP contribution in [0.25, 0.3) is 12.2 Å². The molecule has 6 nitrogen and oxygen atoms in total. The first-order valence-electron chi connectivity index (χ1n) is 6.85. The van der Waals surface area contributed by atoms with Crippen LogP contribution in [0.4, 0.5) is 0 Å². The number of thiazole rings is 1. The van der Waals surface area contributed by atoms with Gasteiger partial charge in [0.2, 0.25) is 5.76 Å². The first-order chi connectivity index (χ1) is 10.7. The molecule has 7 heteroatoms. The SMILES string of the molecule is COC(=O)c1occc1/C=c1\s/c(=C\C(=O)C(C)(C)C)[nH]c1=O. The third-order valence-corrected chi connectivity index (χ3v) is 4.00. The molecule has 0 aliphatic rings. The van der Waals surface area contributed by atoms with Crippen LogP contribution in [0, 0.1) is 5.41 Å². The molecule has 0 bridgehead atoms. The van der Waals surface area contributed by atoms with Crippen LogP contribution >= 0.6 is 11.3 Å². The summed E-state index contributed by atoms with van der Waals surface area (Å²) in [6.07, 6.45) is 4.29. The molecule has 2 rings (SSSR count). The molecule has 0 amide bonds. The van der Waals surface area contributed by atoms with Gasteiger partial charge in [-0.2, -0.15) is 0 Å². The Morgan fingerprint density at radius 2 is 2.04 bits per heavy atom. The molecule has 0 unspecified atom stereocenters. The van der Waals surface area contributed by atoms with Crippen molar-refractivity contribution in [3.8, 4) is 0 Å². The Hall–Kier alpha value is -2.41. The number of esters is 1. The largest absolute Gasteiger partial charge is 0.463 e. The van der Waals surface area contributed by atoms with E-state index in [0.717, 1.165) is 11.3 Å². The second kappa shape index (κ2) is 6.37. The summed E-state index contributed by atoms with van der Waals surface area (Å²) in [7, 11) is 1.25. The smallest absolute Gasteiger partial charge is 0.374 e. The van der Waals surface area contributed by atoms with E-state index in [1.54, 1.807) is 26.8 Å². The van der Waals surface area contributed by atoms with Gasteiger partial charge < -0.3 is 14.1 Å². The molecule has 122 valence electrons. The lowest BCUT2D eigenvalue weighted by atomic mass is 9.91. The van der Waals surface area contributed by atoms with Gasteiger partial charge in [0.05, 0.1) is 22.6 Å². The van der Waals surface area contributed by atoms with Crippen LogP contribution in [0.15, 0.2) is 21.5 Å². The fourth-order valence-corrected chi connectivity index (χ4v) is 2.57. The minimum absolute atomic E-state index is 0.0246. The van der Waals surface area contributed by atoms with Gasteiger partial charge in [-0.05, 0) is 12.1 Å². The minimum atomic E-state index is -0.621. The topological polar surface area (TPSA) is 89.4 Å². The average Bonchev–Trinajstić information content (AvgIpc) is 3.05. The van der Waals surface area contributed by atoms with E-state index in [1.165, 1.54) is 25.5 Å². The number of carbonyl (C=O) groups is 2. The maximum absolute atomic E-state index is 12.0. The van der Waals surface area contributed by atoms with Gasteiger partial charge in [0, 0.05) is 17.1 Å². The number of aromatic amines is 1. The molecule has 0 saturated carbocycles. The van der Waals surface area contributed by atoms with Gasteiger partial charge in [-0.15, -0.1) is 11.3 Å². The maximum Gasteiger partial charge on any atom is 0.374 e. The summed E-state index contributed by atoms with van der Waals surface area (Å²) < 4.78 is 10.5. The van der Waals surface area contributed by atoms with Crippen LogP contribution < -0.4 is 14.8 Å². The highest BCUT2D eigenvalue weighted by atomic mass is 32.1. The number of carbonyl (C=O) groups excluding carboxylic acids is 2. The molecule has 0 aliphatic carbocycles. The van der Waals surface area contributed by atoms with Crippen molar-refractivity contribution in [2.24, 2.45) is 5.41 Å². The van der Waals surface area contributed by atoms with E-state index in [0.29, 0.717) is 14.8 Å². The van der Waals surface area contributed by atoms with E-state index >= 15 is 0 Å². The second-order valence-electron chi connectivity index (χ2n) is 5.88. The molecule has 1 N–H and O–H groups in total. The summed E-state index contributed by atoms with van der Waals surface area (Å²) in [5, 5.41) is 0. The molecule has 0 aromatic carbocycles. The van der Waals surface area contributed by atoms with Crippen molar-refractivity contribution in [2.75, 3.05) is 7.11 Å². The first-order valence-corrected chi connectivity index (χ1v) is 7.67. The van der Waals surface area contributed by atoms with E-state index in [4.69, 9.17) is 4.42 Å². The number of hydrogen-bond acceptors (Lipinski definition) is 6. The zero-order chi connectivity index (χ0) is 17.2. The van der Waals surface area contributed by atoms with Crippen LogP contribution in [0.1, 0.15) is 36.9 Å². The van der Waals surface area contributed by atoms with Crippen molar-refractivity contribution in [2.45, 2.75) is 20.8 Å². The van der Waals surface area contributed by atoms with Crippen molar-refractivity contribution in [3.63, 3.8) is 0 Å². The number of H-pyrrole nitrogens is 1. The zero-order valence-electron chi connectivity index (χ0n) is 13.3. The predicted molar refractivity (Wildman–Crippen MR) is 86.7 cm³/mol. The quantitative estimate of drug-likeness (QED) is 0.847. The molecule has 0 spiro atoms. The van der Waals surface area contributed by atoms with Crippen LogP contribution in [0.5, 0.6) is 0 Å². The van der Waals surface area contributed by atoms with Gasteiger partial charge >= 0.3 is 5.97 Å². The molecular formula is C16H17NO5S. The molecule has 2 aromatic heterocycles. The number of aromatic nitrogens is 1. The van der Waals surface area contributed by atoms with Crippen LogP contribution in [0.3, 0.4) is 0 Å². The van der Waals surface area contributed by atoms with Crippen molar-refractivity contribution in [1.29, 1.82) is 0 Å². The highest BCUT2D eigenvalue weighted by molar-refractivity contribution is 7.07. The lowest BCUT2D eigenvalue weighted by Gasteiger charge is -2.12. The van der Waals surface area contributed by atoms with Crippen molar-refractivity contribution < 1.29 is 18.7 Å². The van der Waals surface area contributed by atoms with Crippen molar-refractivity contribution >= 4 is 35.2 Å². The van der Waals surface area contributed by atoms with E-state index in [-0.39, 0.29) is 17.1 Å². The Morgan fingerprint density at radius 3 is 2.65 bits per heavy atom. The number of ketones is 1. The highest BCUT2D eigenvalue weighted by Gasteiger charge is 2.19. The fourth-order valence-electron chi connectivity index (χ4n) is 1.69. The first kappa shape index (κ1) is 17.0. The maximum atomic E-state index is 12.0. The zero-order valence-corrected chi connectivity index (χ0v) is 14.1. The highest BCUT2D eigenvalue weighted by Crippen LogP contribution is 2.15. The van der Waals surface area contributed by atoms with E-state index in [1.807, 2.05) is 0 Å². The number of rotatable bonds is 3. The number of hydrogen-bond donors (Lipinski definition) is 1. The van der Waals surface area contributed by atoms with Gasteiger partial charge in [-0.1, -0.05) is 20.8 Å². The molecule has 2 aromatic rings. The van der Waals surface area contributed by atoms with Crippen LogP contribution in [-0.2, 0) is 9.53 Å². The Kier molecular flexibility index (Phi) is 4.70. The van der Waals surface area contributed by atoms with E-state index < -0.39 is 11.4 Å². The summed E-state index contributed by atoms with van der Waals surface area (Å²) in [4.78, 5) is 38.2. The summed E-state index contributed by atoms with van der Waals surface area (Å²) in [6.45, 7) is 5.41. The lowest BCUT2D eigenvalue weighted by Crippen LogP contribution is -2.22. The molecule has 0 radical (unpaired) electrons. The number of Topliss-reactive ketones (excluding diaryl/α,β-unsaturated/α-hetero) is 1. The normalized spacial score (nSPS) is 13.4. The third kappa shape index (κ3) is 3.87. The summed E-state index contributed by atoms with van der Waals surface area (Å²) in [6, 6.07) is 1.56. The van der Waals surface area contributed by atoms with Crippen molar-refractivity contribution in [3.05, 3.63) is 43.2 Å². The van der Waals surface area contributed by atoms with Gasteiger partial charge in [-0.25, -0.2) is 4.79 Å². The number of ether oxygens (including phenoxy) is 1. The lowest BCUT2D eigenvalue weighted by molar-refractivity contribution is -0.119. The average molecular weight is 335 g/mol. The number of nitrogens with one attached hydrogen (secondary N) is 1. The van der Waals surface area contributed by atoms with E-state index in [2.05, 4.69) is 9.72 Å². The Bertz CT molecular complexity index is 907. The van der Waals surface area contributed by atoms with Crippen LogP contribution in [0.2, 0.25) is 0 Å². The molecule has 0 atom stereocenters. The van der Waals surface area contributed by atoms with Gasteiger partial charge in [0.15, 0.2) is 5.78 Å². The van der Waals surface area contributed by atoms with E-state index in [9.17, 15) is 14.4 Å². The summed E-state index contributed by atoms with van der Waals surface area (Å²) in [5.41, 5.74) is -0.411.